The zero-order chi connectivity index (χ0) is 16.8. The average molecular weight is 327 g/mol. The predicted molar refractivity (Wildman–Crippen MR) is 97.2 cm³/mol. The Balaban J connectivity index is 1.67. The Hall–Kier alpha value is -3.67. The first-order valence-electron chi connectivity index (χ1n) is 7.91. The lowest BCUT2D eigenvalue weighted by atomic mass is 10.1. The van der Waals surface area contributed by atoms with E-state index in [-0.39, 0.29) is 5.56 Å². The zero-order valence-corrected chi connectivity index (χ0v) is 13.1. The summed E-state index contributed by atoms with van der Waals surface area (Å²) >= 11 is 0. The summed E-state index contributed by atoms with van der Waals surface area (Å²) in [5.74, 6) is 0.450. The number of nitrogens with zero attached hydrogens (tertiary/aromatic N) is 2. The van der Waals surface area contributed by atoms with Crippen LogP contribution in [0.5, 0.6) is 0 Å². The Morgan fingerprint density at radius 3 is 2.00 bits per heavy atom. The van der Waals surface area contributed by atoms with E-state index in [9.17, 15) is 4.79 Å². The van der Waals surface area contributed by atoms with Gasteiger partial charge in [-0.3, -0.25) is 4.79 Å². The molecule has 6 heteroatoms. The van der Waals surface area contributed by atoms with Crippen molar-refractivity contribution in [3.05, 3.63) is 71.3 Å². The fourth-order valence-corrected chi connectivity index (χ4v) is 3.17. The summed E-state index contributed by atoms with van der Waals surface area (Å²) in [6.45, 7) is 0. The van der Waals surface area contributed by atoms with Gasteiger partial charge in [-0.15, -0.1) is 10.2 Å². The second-order valence-electron chi connectivity index (χ2n) is 5.85. The van der Waals surface area contributed by atoms with E-state index in [1.807, 2.05) is 54.7 Å². The zero-order valence-electron chi connectivity index (χ0n) is 13.1. The van der Waals surface area contributed by atoms with Gasteiger partial charge in [0.1, 0.15) is 0 Å². The van der Waals surface area contributed by atoms with Crippen LogP contribution >= 0.6 is 0 Å². The molecule has 2 aromatic carbocycles. The number of nitrogens with one attached hydrogen (secondary N) is 3. The first-order chi connectivity index (χ1) is 12.3. The maximum atomic E-state index is 12.6. The molecule has 5 rings (SSSR count). The maximum Gasteiger partial charge on any atom is 0.278 e. The van der Waals surface area contributed by atoms with Gasteiger partial charge in [-0.05, 0) is 12.1 Å². The third-order valence-corrected chi connectivity index (χ3v) is 4.39. The molecule has 0 aliphatic heterocycles. The van der Waals surface area contributed by atoms with Crippen molar-refractivity contribution in [2.75, 3.05) is 0 Å². The van der Waals surface area contributed by atoms with Crippen LogP contribution in [0.1, 0.15) is 0 Å². The molecule has 0 unspecified atom stereocenters. The highest BCUT2D eigenvalue weighted by molar-refractivity contribution is 5.95. The van der Waals surface area contributed by atoms with Crippen LogP contribution in [0.2, 0.25) is 0 Å². The smallest absolute Gasteiger partial charge is 0.278 e. The number of aromatic nitrogens is 5. The SMILES string of the molecule is O=c1[nH]c(-c2c[nH]c3ccccc23)nnc1-c1c[nH]c2ccccc12. The van der Waals surface area contributed by atoms with Crippen molar-refractivity contribution in [1.29, 1.82) is 0 Å². The molecule has 6 nitrogen and oxygen atoms in total. The minimum absolute atomic E-state index is 0.264. The summed E-state index contributed by atoms with van der Waals surface area (Å²) in [7, 11) is 0. The van der Waals surface area contributed by atoms with Crippen molar-refractivity contribution in [1.82, 2.24) is 25.1 Å². The Bertz CT molecular complexity index is 1280. The highest BCUT2D eigenvalue weighted by Crippen LogP contribution is 2.27. The number of fused-ring (bicyclic) bond motifs is 2. The van der Waals surface area contributed by atoms with Gasteiger partial charge >= 0.3 is 0 Å². The van der Waals surface area contributed by atoms with Gasteiger partial charge < -0.3 is 15.0 Å². The Morgan fingerprint density at radius 1 is 0.720 bits per heavy atom. The summed E-state index contributed by atoms with van der Waals surface area (Å²) in [6, 6.07) is 15.7. The number of hydrogen-bond acceptors (Lipinski definition) is 3. The molecule has 25 heavy (non-hydrogen) atoms. The molecule has 0 aliphatic rings. The van der Waals surface area contributed by atoms with E-state index in [1.54, 1.807) is 6.20 Å². The van der Waals surface area contributed by atoms with Gasteiger partial charge in [-0.2, -0.15) is 0 Å². The van der Waals surface area contributed by atoms with Crippen molar-refractivity contribution in [2.24, 2.45) is 0 Å². The van der Waals surface area contributed by atoms with Crippen LogP contribution in [-0.4, -0.2) is 25.1 Å². The van der Waals surface area contributed by atoms with Crippen LogP contribution < -0.4 is 5.56 Å². The van der Waals surface area contributed by atoms with Crippen LogP contribution in [0, 0.1) is 0 Å². The largest absolute Gasteiger partial charge is 0.360 e. The molecule has 0 bridgehead atoms. The van der Waals surface area contributed by atoms with Gasteiger partial charge in [-0.1, -0.05) is 36.4 Å². The van der Waals surface area contributed by atoms with Gasteiger partial charge in [0.2, 0.25) is 0 Å². The molecule has 0 amide bonds. The lowest BCUT2D eigenvalue weighted by molar-refractivity contribution is 0.965. The van der Waals surface area contributed by atoms with E-state index in [0.29, 0.717) is 11.5 Å². The molecule has 0 spiro atoms. The fraction of sp³-hybridized carbons (Fsp3) is 0. The van der Waals surface area contributed by atoms with E-state index < -0.39 is 0 Å². The number of benzene rings is 2. The number of rotatable bonds is 2. The number of H-pyrrole nitrogens is 3. The molecule has 3 heterocycles. The van der Waals surface area contributed by atoms with Crippen LogP contribution in [0.25, 0.3) is 44.5 Å². The minimum Gasteiger partial charge on any atom is -0.360 e. The van der Waals surface area contributed by atoms with Crippen LogP contribution in [0.4, 0.5) is 0 Å². The second-order valence-corrected chi connectivity index (χ2v) is 5.85. The fourth-order valence-electron chi connectivity index (χ4n) is 3.17. The molecule has 0 saturated carbocycles. The van der Waals surface area contributed by atoms with E-state index in [1.165, 1.54) is 0 Å². The molecule has 120 valence electrons. The van der Waals surface area contributed by atoms with Crippen LogP contribution in [0.15, 0.2) is 65.7 Å². The average Bonchev–Trinajstić information content (AvgIpc) is 3.26. The van der Waals surface area contributed by atoms with E-state index in [0.717, 1.165) is 32.9 Å². The molecule has 3 N–H and O–H groups in total. The van der Waals surface area contributed by atoms with Crippen LogP contribution in [0.3, 0.4) is 0 Å². The van der Waals surface area contributed by atoms with Crippen molar-refractivity contribution in [3.8, 4) is 22.6 Å². The summed E-state index contributed by atoms with van der Waals surface area (Å²) < 4.78 is 0. The molecule has 0 fully saturated rings. The molecule has 0 radical (unpaired) electrons. The van der Waals surface area contributed by atoms with Gasteiger partial charge in [0, 0.05) is 45.3 Å². The lowest BCUT2D eigenvalue weighted by Crippen LogP contribution is -2.14. The van der Waals surface area contributed by atoms with E-state index >= 15 is 0 Å². The second kappa shape index (κ2) is 5.17. The summed E-state index contributed by atoms with van der Waals surface area (Å²) in [4.78, 5) is 21.8. The normalized spacial score (nSPS) is 11.4. The number of para-hydroxylation sites is 2. The van der Waals surface area contributed by atoms with Crippen molar-refractivity contribution >= 4 is 21.8 Å². The van der Waals surface area contributed by atoms with Gasteiger partial charge in [0.05, 0.1) is 0 Å². The van der Waals surface area contributed by atoms with Gasteiger partial charge in [0.25, 0.3) is 5.56 Å². The highest BCUT2D eigenvalue weighted by atomic mass is 16.1. The molecule has 0 atom stereocenters. The summed E-state index contributed by atoms with van der Waals surface area (Å²) in [6.07, 6.45) is 3.62. The van der Waals surface area contributed by atoms with Gasteiger partial charge in [0.15, 0.2) is 11.5 Å². The number of hydrogen-bond donors (Lipinski definition) is 3. The van der Waals surface area contributed by atoms with E-state index in [2.05, 4.69) is 25.1 Å². The number of aromatic amines is 3. The topological polar surface area (TPSA) is 90.2 Å². The van der Waals surface area contributed by atoms with E-state index in [4.69, 9.17) is 0 Å². The van der Waals surface area contributed by atoms with Gasteiger partial charge in [-0.25, -0.2) is 0 Å². The molecule has 0 saturated heterocycles. The monoisotopic (exact) mass is 327 g/mol. The Labute approximate surface area is 141 Å². The summed E-state index contributed by atoms with van der Waals surface area (Å²) in [5, 5.41) is 10.4. The molecular weight excluding hydrogens is 314 g/mol. The Kier molecular flexibility index (Phi) is 2.84. The lowest BCUT2D eigenvalue weighted by Gasteiger charge is -2.01. The van der Waals surface area contributed by atoms with Crippen LogP contribution in [-0.2, 0) is 0 Å². The third-order valence-electron chi connectivity index (χ3n) is 4.39. The first kappa shape index (κ1) is 13.7. The maximum absolute atomic E-state index is 12.6. The Morgan fingerprint density at radius 2 is 1.32 bits per heavy atom. The van der Waals surface area contributed by atoms with Crippen molar-refractivity contribution < 1.29 is 0 Å². The standard InChI is InChI=1S/C19H13N5O/c25-19-17(13-9-20-15-7-3-1-5-11(13)15)23-24-18(22-19)14-10-21-16-8-4-2-6-12(14)16/h1-10,20-21H,(H,22,24,25). The summed E-state index contributed by atoms with van der Waals surface area (Å²) in [5.41, 5.74) is 3.56. The van der Waals surface area contributed by atoms with Crippen molar-refractivity contribution in [2.45, 2.75) is 0 Å². The molecule has 0 aliphatic carbocycles. The third kappa shape index (κ3) is 2.08. The quantitative estimate of drug-likeness (QED) is 0.464. The first-order valence-corrected chi connectivity index (χ1v) is 7.91. The highest BCUT2D eigenvalue weighted by Gasteiger charge is 2.14. The molecular formula is C19H13N5O. The molecule has 5 aromatic rings. The predicted octanol–water partition coefficient (Wildman–Crippen LogP) is 3.46. The minimum atomic E-state index is -0.264. The van der Waals surface area contributed by atoms with Crippen molar-refractivity contribution in [3.63, 3.8) is 0 Å². The molecule has 3 aromatic heterocycles.